The van der Waals surface area contributed by atoms with Gasteiger partial charge in [-0.15, -0.1) is 0 Å². The lowest BCUT2D eigenvalue weighted by Crippen LogP contribution is -2.22. The van der Waals surface area contributed by atoms with Gasteiger partial charge in [-0.2, -0.15) is 0 Å². The average molecular weight is 234 g/mol. The van der Waals surface area contributed by atoms with Crippen LogP contribution in [0.4, 0.5) is 11.4 Å². The van der Waals surface area contributed by atoms with E-state index in [-0.39, 0.29) is 11.8 Å². The molecule has 1 aromatic rings. The first-order valence-electron chi connectivity index (χ1n) is 6.33. The van der Waals surface area contributed by atoms with Crippen molar-refractivity contribution in [3.05, 3.63) is 24.3 Å². The molecule has 0 heterocycles. The van der Waals surface area contributed by atoms with Crippen molar-refractivity contribution in [2.75, 3.05) is 11.1 Å². The van der Waals surface area contributed by atoms with Crippen molar-refractivity contribution in [1.82, 2.24) is 0 Å². The van der Waals surface area contributed by atoms with Gasteiger partial charge in [0.2, 0.25) is 5.91 Å². The van der Waals surface area contributed by atoms with Crippen LogP contribution in [0.5, 0.6) is 0 Å². The van der Waals surface area contributed by atoms with E-state index in [1.807, 2.05) is 12.1 Å². The number of carbonyl (C=O) groups is 1. The van der Waals surface area contributed by atoms with E-state index >= 15 is 0 Å². The summed E-state index contributed by atoms with van der Waals surface area (Å²) in [6.45, 7) is 4.22. The largest absolute Gasteiger partial charge is 0.399 e. The summed E-state index contributed by atoms with van der Waals surface area (Å²) in [4.78, 5) is 12.0. The number of hydrogen-bond acceptors (Lipinski definition) is 2. The van der Waals surface area contributed by atoms with E-state index in [1.165, 1.54) is 0 Å². The highest BCUT2D eigenvalue weighted by atomic mass is 16.1. The SMILES string of the molecule is CCCC(CCC)C(=O)Nc1ccc(N)cc1. The smallest absolute Gasteiger partial charge is 0.227 e. The molecule has 94 valence electrons. The molecule has 0 bridgehead atoms. The monoisotopic (exact) mass is 234 g/mol. The molecule has 0 aliphatic rings. The lowest BCUT2D eigenvalue weighted by molar-refractivity contribution is -0.120. The molecule has 0 radical (unpaired) electrons. The normalized spacial score (nSPS) is 10.5. The maximum atomic E-state index is 12.0. The van der Waals surface area contributed by atoms with Crippen LogP contribution in [-0.4, -0.2) is 5.91 Å². The summed E-state index contributed by atoms with van der Waals surface area (Å²) in [6, 6.07) is 7.26. The van der Waals surface area contributed by atoms with Gasteiger partial charge in [-0.05, 0) is 37.1 Å². The van der Waals surface area contributed by atoms with E-state index < -0.39 is 0 Å². The fourth-order valence-corrected chi connectivity index (χ4v) is 1.91. The Hall–Kier alpha value is -1.51. The van der Waals surface area contributed by atoms with Crippen LogP contribution in [0.2, 0.25) is 0 Å². The van der Waals surface area contributed by atoms with Crippen LogP contribution in [0.25, 0.3) is 0 Å². The summed E-state index contributed by atoms with van der Waals surface area (Å²) in [5.41, 5.74) is 7.13. The number of nitrogens with two attached hydrogens (primary N) is 1. The Morgan fingerprint density at radius 3 is 2.18 bits per heavy atom. The highest BCUT2D eigenvalue weighted by molar-refractivity contribution is 5.92. The van der Waals surface area contributed by atoms with Crippen molar-refractivity contribution in [2.24, 2.45) is 5.92 Å². The molecule has 0 unspecified atom stereocenters. The van der Waals surface area contributed by atoms with Crippen molar-refractivity contribution in [3.63, 3.8) is 0 Å². The summed E-state index contributed by atoms with van der Waals surface area (Å²) in [5.74, 6) is 0.251. The van der Waals surface area contributed by atoms with E-state index in [9.17, 15) is 4.79 Å². The first kappa shape index (κ1) is 13.6. The molecule has 0 fully saturated rings. The molecular weight excluding hydrogens is 212 g/mol. The Kier molecular flexibility index (Phi) is 5.53. The molecular formula is C14H22N2O. The molecule has 0 aliphatic carbocycles. The molecule has 1 aromatic carbocycles. The summed E-state index contributed by atoms with van der Waals surface area (Å²) in [7, 11) is 0. The summed E-state index contributed by atoms with van der Waals surface area (Å²) >= 11 is 0. The Bertz CT molecular complexity index is 340. The van der Waals surface area contributed by atoms with Crippen LogP contribution >= 0.6 is 0 Å². The van der Waals surface area contributed by atoms with Crippen LogP contribution in [-0.2, 0) is 4.79 Å². The third-order valence-electron chi connectivity index (χ3n) is 2.82. The molecule has 0 saturated heterocycles. The van der Waals surface area contributed by atoms with Crippen molar-refractivity contribution in [2.45, 2.75) is 39.5 Å². The van der Waals surface area contributed by atoms with Crippen molar-refractivity contribution >= 4 is 17.3 Å². The first-order valence-corrected chi connectivity index (χ1v) is 6.33. The van der Waals surface area contributed by atoms with Crippen molar-refractivity contribution in [3.8, 4) is 0 Å². The zero-order valence-electron chi connectivity index (χ0n) is 10.7. The number of carbonyl (C=O) groups excluding carboxylic acids is 1. The van der Waals surface area contributed by atoms with Gasteiger partial charge in [0.15, 0.2) is 0 Å². The maximum absolute atomic E-state index is 12.0. The van der Waals surface area contributed by atoms with Crippen LogP contribution in [0.15, 0.2) is 24.3 Å². The van der Waals surface area contributed by atoms with Gasteiger partial charge in [0.05, 0.1) is 0 Å². The van der Waals surface area contributed by atoms with Crippen molar-refractivity contribution < 1.29 is 4.79 Å². The topological polar surface area (TPSA) is 55.1 Å². The van der Waals surface area contributed by atoms with E-state index in [1.54, 1.807) is 12.1 Å². The van der Waals surface area contributed by atoms with Gasteiger partial charge in [-0.25, -0.2) is 0 Å². The van der Waals surface area contributed by atoms with Gasteiger partial charge in [0, 0.05) is 17.3 Å². The molecule has 3 N–H and O–H groups in total. The molecule has 1 rings (SSSR count). The summed E-state index contributed by atoms with van der Waals surface area (Å²) in [6.07, 6.45) is 3.99. The molecule has 0 spiro atoms. The van der Waals surface area contributed by atoms with E-state index in [0.29, 0.717) is 5.69 Å². The van der Waals surface area contributed by atoms with Gasteiger partial charge < -0.3 is 11.1 Å². The highest BCUT2D eigenvalue weighted by Crippen LogP contribution is 2.17. The number of rotatable bonds is 6. The number of anilines is 2. The van der Waals surface area contributed by atoms with E-state index in [4.69, 9.17) is 5.73 Å². The Labute approximate surface area is 103 Å². The standard InChI is InChI=1S/C14H22N2O/c1-3-5-11(6-4-2)14(17)16-13-9-7-12(15)8-10-13/h7-11H,3-6,15H2,1-2H3,(H,16,17). The second-order valence-corrected chi connectivity index (χ2v) is 4.39. The minimum atomic E-state index is 0.124. The fraction of sp³-hybridized carbons (Fsp3) is 0.500. The van der Waals surface area contributed by atoms with Crippen LogP contribution in [0, 0.1) is 5.92 Å². The quantitative estimate of drug-likeness (QED) is 0.741. The second-order valence-electron chi connectivity index (χ2n) is 4.39. The predicted octanol–water partition coefficient (Wildman–Crippen LogP) is 3.42. The number of amides is 1. The molecule has 0 saturated carbocycles. The zero-order valence-corrected chi connectivity index (χ0v) is 10.7. The van der Waals surface area contributed by atoms with Gasteiger partial charge in [0.25, 0.3) is 0 Å². The summed E-state index contributed by atoms with van der Waals surface area (Å²) in [5, 5.41) is 2.94. The summed E-state index contributed by atoms with van der Waals surface area (Å²) < 4.78 is 0. The fourth-order valence-electron chi connectivity index (χ4n) is 1.91. The molecule has 0 aliphatic heterocycles. The third-order valence-corrected chi connectivity index (χ3v) is 2.82. The van der Waals surface area contributed by atoms with Gasteiger partial charge in [0.1, 0.15) is 0 Å². The Balaban J connectivity index is 2.59. The Morgan fingerprint density at radius 1 is 1.18 bits per heavy atom. The second kappa shape index (κ2) is 6.94. The Morgan fingerprint density at radius 2 is 1.71 bits per heavy atom. The highest BCUT2D eigenvalue weighted by Gasteiger charge is 2.16. The molecule has 0 atom stereocenters. The van der Waals surface area contributed by atoms with Gasteiger partial charge >= 0.3 is 0 Å². The molecule has 3 nitrogen and oxygen atoms in total. The average Bonchev–Trinajstić information content (AvgIpc) is 2.32. The molecule has 0 aromatic heterocycles. The molecule has 17 heavy (non-hydrogen) atoms. The predicted molar refractivity (Wildman–Crippen MR) is 72.8 cm³/mol. The maximum Gasteiger partial charge on any atom is 0.227 e. The lowest BCUT2D eigenvalue weighted by atomic mass is 9.97. The minimum absolute atomic E-state index is 0.124. The first-order chi connectivity index (χ1) is 8.17. The van der Waals surface area contributed by atoms with Gasteiger partial charge in [-0.3, -0.25) is 4.79 Å². The molecule has 3 heteroatoms. The van der Waals surface area contributed by atoms with Crippen LogP contribution < -0.4 is 11.1 Å². The molecule has 1 amide bonds. The van der Waals surface area contributed by atoms with Crippen molar-refractivity contribution in [1.29, 1.82) is 0 Å². The number of benzene rings is 1. The number of hydrogen-bond donors (Lipinski definition) is 2. The lowest BCUT2D eigenvalue weighted by Gasteiger charge is -2.15. The van der Waals surface area contributed by atoms with Gasteiger partial charge in [-0.1, -0.05) is 26.7 Å². The van der Waals surface area contributed by atoms with E-state index in [2.05, 4.69) is 19.2 Å². The van der Waals surface area contributed by atoms with Crippen LogP contribution in [0.1, 0.15) is 39.5 Å². The van der Waals surface area contributed by atoms with E-state index in [0.717, 1.165) is 31.4 Å². The number of nitrogen functional groups attached to an aromatic ring is 1. The number of nitrogens with one attached hydrogen (secondary N) is 1. The van der Waals surface area contributed by atoms with Crippen LogP contribution in [0.3, 0.4) is 0 Å². The minimum Gasteiger partial charge on any atom is -0.399 e. The third kappa shape index (κ3) is 4.47. The zero-order chi connectivity index (χ0) is 12.7.